The van der Waals surface area contributed by atoms with Crippen LogP contribution in [-0.2, 0) is 6.54 Å². The van der Waals surface area contributed by atoms with E-state index in [1.165, 1.54) is 16.7 Å². The van der Waals surface area contributed by atoms with Gasteiger partial charge in [-0.3, -0.25) is 9.36 Å². The van der Waals surface area contributed by atoms with Crippen LogP contribution in [0.15, 0.2) is 59.7 Å². The molecule has 32 heavy (non-hydrogen) atoms. The second kappa shape index (κ2) is 8.93. The first-order valence-corrected chi connectivity index (χ1v) is 10.3. The number of para-hydroxylation sites is 1. The lowest BCUT2D eigenvalue weighted by atomic mass is 10.2. The molecule has 5 rings (SSSR count). The van der Waals surface area contributed by atoms with E-state index in [0.717, 1.165) is 0 Å². The van der Waals surface area contributed by atoms with Crippen molar-refractivity contribution < 1.29 is 4.39 Å². The Morgan fingerprint density at radius 1 is 1.03 bits per heavy atom. The third kappa shape index (κ3) is 3.80. The molecule has 0 aliphatic rings. The summed E-state index contributed by atoms with van der Waals surface area (Å²) in [7, 11) is 0. The van der Waals surface area contributed by atoms with Crippen LogP contribution in [0.1, 0.15) is 25.5 Å². The Labute approximate surface area is 183 Å². The van der Waals surface area contributed by atoms with Gasteiger partial charge in [-0.05, 0) is 31.2 Å². The van der Waals surface area contributed by atoms with Crippen LogP contribution in [-0.4, -0.2) is 29.5 Å². The van der Waals surface area contributed by atoms with E-state index in [9.17, 15) is 9.18 Å². The highest BCUT2D eigenvalue weighted by Crippen LogP contribution is 2.19. The maximum absolute atomic E-state index is 14.4. The molecule has 0 amide bonds. The molecule has 9 heteroatoms. The molecule has 3 aromatic heterocycles. The van der Waals surface area contributed by atoms with Crippen molar-refractivity contribution in [2.45, 2.75) is 27.3 Å². The van der Waals surface area contributed by atoms with Gasteiger partial charge in [-0.1, -0.05) is 38.1 Å². The molecule has 5 aromatic rings. The van der Waals surface area contributed by atoms with Gasteiger partial charge in [0.1, 0.15) is 28.4 Å². The molecule has 0 fully saturated rings. The molecule has 3 heterocycles. The molecule has 0 unspecified atom stereocenters. The van der Waals surface area contributed by atoms with E-state index in [2.05, 4.69) is 30.2 Å². The maximum atomic E-state index is 14.4. The predicted octanol–water partition coefficient (Wildman–Crippen LogP) is 4.14. The number of nitrogens with one attached hydrogen (secondary N) is 2. The zero-order valence-electron chi connectivity index (χ0n) is 17.9. The van der Waals surface area contributed by atoms with E-state index in [1.807, 2.05) is 32.0 Å². The summed E-state index contributed by atoms with van der Waals surface area (Å²) in [6.45, 7) is 5.96. The Morgan fingerprint density at radius 3 is 2.59 bits per heavy atom. The summed E-state index contributed by atoms with van der Waals surface area (Å²) in [6, 6.07) is 13.5. The number of rotatable bonds is 4. The smallest absolute Gasteiger partial charge is 0.269 e. The van der Waals surface area contributed by atoms with Crippen LogP contribution in [0, 0.1) is 12.7 Å². The molecule has 0 aliphatic carbocycles. The molecular formula is C23H22FN7O. The summed E-state index contributed by atoms with van der Waals surface area (Å²) in [5.74, 6) is 0.933. The summed E-state index contributed by atoms with van der Waals surface area (Å²) in [5, 5.41) is 3.17. The third-order valence-electron chi connectivity index (χ3n) is 4.74. The minimum Gasteiger partial charge on any atom is -0.361 e. The summed E-state index contributed by atoms with van der Waals surface area (Å²) in [4.78, 5) is 33.7. The maximum Gasteiger partial charge on any atom is 0.269 e. The first-order chi connectivity index (χ1) is 15.6. The highest BCUT2D eigenvalue weighted by molar-refractivity contribution is 5.82. The van der Waals surface area contributed by atoms with Crippen LogP contribution >= 0.6 is 0 Å². The molecule has 2 N–H and O–H groups in total. The van der Waals surface area contributed by atoms with Crippen LogP contribution in [0.4, 0.5) is 10.2 Å². The number of benzene rings is 2. The van der Waals surface area contributed by atoms with Gasteiger partial charge in [0.2, 0.25) is 0 Å². The van der Waals surface area contributed by atoms with Crippen LogP contribution in [0.5, 0.6) is 0 Å². The molecule has 8 nitrogen and oxygen atoms in total. The molecule has 0 atom stereocenters. The lowest BCUT2D eigenvalue weighted by Crippen LogP contribution is -2.26. The lowest BCUT2D eigenvalue weighted by molar-refractivity contribution is 0.636. The van der Waals surface area contributed by atoms with Crippen LogP contribution in [0.25, 0.3) is 27.8 Å². The van der Waals surface area contributed by atoms with E-state index >= 15 is 0 Å². The van der Waals surface area contributed by atoms with Gasteiger partial charge >= 0.3 is 0 Å². The summed E-state index contributed by atoms with van der Waals surface area (Å²) >= 11 is 0. The number of aryl methyl sites for hydroxylation is 1. The van der Waals surface area contributed by atoms with E-state index in [-0.39, 0.29) is 11.9 Å². The number of halogens is 1. The molecule has 162 valence electrons. The lowest BCUT2D eigenvalue weighted by Gasteiger charge is -2.15. The number of imidazole rings is 1. The molecule has 0 bridgehead atoms. The Morgan fingerprint density at radius 2 is 1.81 bits per heavy atom. The number of H-pyrrole nitrogens is 1. The van der Waals surface area contributed by atoms with Crippen molar-refractivity contribution in [3.63, 3.8) is 0 Å². The van der Waals surface area contributed by atoms with Crippen molar-refractivity contribution >= 4 is 27.9 Å². The number of hydrogen-bond acceptors (Lipinski definition) is 6. The van der Waals surface area contributed by atoms with Gasteiger partial charge in [-0.15, -0.1) is 0 Å². The number of fused-ring (bicyclic) bond motifs is 2. The first kappa shape index (κ1) is 21.1. The number of anilines is 1. The van der Waals surface area contributed by atoms with Gasteiger partial charge in [0.25, 0.3) is 5.56 Å². The van der Waals surface area contributed by atoms with Gasteiger partial charge < -0.3 is 10.3 Å². The second-order valence-electron chi connectivity index (χ2n) is 6.71. The van der Waals surface area contributed by atoms with Crippen molar-refractivity contribution in [2.24, 2.45) is 0 Å². The first-order valence-electron chi connectivity index (χ1n) is 10.3. The monoisotopic (exact) mass is 431 g/mol. The SMILES string of the molecule is CC.Cc1nc(NCc2nc3cccc(F)c3c(=O)n2-c2ccccc2)c2[nH]cnc2n1. The minimum absolute atomic E-state index is 0.0426. The zero-order valence-corrected chi connectivity index (χ0v) is 17.9. The molecule has 0 saturated carbocycles. The molecule has 0 radical (unpaired) electrons. The van der Waals surface area contributed by atoms with Crippen LogP contribution in [0.3, 0.4) is 0 Å². The van der Waals surface area contributed by atoms with Crippen LogP contribution < -0.4 is 10.9 Å². The fourth-order valence-corrected chi connectivity index (χ4v) is 3.43. The average Bonchev–Trinajstić information content (AvgIpc) is 3.28. The predicted molar refractivity (Wildman–Crippen MR) is 122 cm³/mol. The summed E-state index contributed by atoms with van der Waals surface area (Å²) < 4.78 is 15.8. The number of aromatic nitrogens is 6. The van der Waals surface area contributed by atoms with Gasteiger partial charge in [0, 0.05) is 0 Å². The van der Waals surface area contributed by atoms with E-state index in [0.29, 0.717) is 39.8 Å². The third-order valence-corrected chi connectivity index (χ3v) is 4.74. The number of hydrogen-bond donors (Lipinski definition) is 2. The van der Waals surface area contributed by atoms with Crippen molar-refractivity contribution in [1.82, 2.24) is 29.5 Å². The molecule has 2 aromatic carbocycles. The van der Waals surface area contributed by atoms with E-state index in [1.54, 1.807) is 31.5 Å². The quantitative estimate of drug-likeness (QED) is 0.444. The van der Waals surface area contributed by atoms with Gasteiger partial charge in [0.05, 0.1) is 24.1 Å². The van der Waals surface area contributed by atoms with E-state index < -0.39 is 11.4 Å². The summed E-state index contributed by atoms with van der Waals surface area (Å²) in [6.07, 6.45) is 1.54. The van der Waals surface area contributed by atoms with Gasteiger partial charge in [-0.25, -0.2) is 24.3 Å². The van der Waals surface area contributed by atoms with Crippen molar-refractivity contribution in [1.29, 1.82) is 0 Å². The largest absolute Gasteiger partial charge is 0.361 e. The molecular weight excluding hydrogens is 409 g/mol. The fraction of sp³-hybridized carbons (Fsp3) is 0.174. The van der Waals surface area contributed by atoms with Crippen molar-refractivity contribution in [3.8, 4) is 5.69 Å². The van der Waals surface area contributed by atoms with Gasteiger partial charge in [-0.2, -0.15) is 0 Å². The minimum atomic E-state index is -0.597. The Hall–Kier alpha value is -4.14. The molecule has 0 saturated heterocycles. The molecule has 0 aliphatic heterocycles. The Kier molecular flexibility index (Phi) is 5.89. The molecule has 0 spiro atoms. The average molecular weight is 431 g/mol. The van der Waals surface area contributed by atoms with E-state index in [4.69, 9.17) is 0 Å². The Bertz CT molecular complexity index is 1440. The van der Waals surface area contributed by atoms with Crippen molar-refractivity contribution in [2.75, 3.05) is 5.32 Å². The van der Waals surface area contributed by atoms with Gasteiger partial charge in [0.15, 0.2) is 11.5 Å². The second-order valence-corrected chi connectivity index (χ2v) is 6.71. The normalized spacial score (nSPS) is 10.8. The standard InChI is InChI=1S/C21H16FN7O.C2H6/c1-12-26-19(18-20(27-12)25-11-24-18)23-10-16-28-15-9-5-8-14(22)17(15)21(30)29(16)13-6-3-2-4-7-13;1-2/h2-9,11H,10H2,1H3,(H2,23,24,25,26,27);1-2H3. The topological polar surface area (TPSA) is 101 Å². The highest BCUT2D eigenvalue weighted by atomic mass is 19.1. The number of aromatic amines is 1. The summed E-state index contributed by atoms with van der Waals surface area (Å²) in [5.41, 5.74) is 1.63. The fourth-order valence-electron chi connectivity index (χ4n) is 3.43. The highest BCUT2D eigenvalue weighted by Gasteiger charge is 2.16. The zero-order chi connectivity index (χ0) is 22.7. The van der Waals surface area contributed by atoms with Crippen molar-refractivity contribution in [3.05, 3.63) is 82.7 Å². The van der Waals surface area contributed by atoms with Crippen LogP contribution in [0.2, 0.25) is 0 Å². The number of nitrogens with zero attached hydrogens (tertiary/aromatic N) is 5. The Balaban J connectivity index is 0.00000119.